The van der Waals surface area contributed by atoms with Gasteiger partial charge >= 0.3 is 0 Å². The van der Waals surface area contributed by atoms with Crippen molar-refractivity contribution in [3.8, 4) is 0 Å². The predicted octanol–water partition coefficient (Wildman–Crippen LogP) is 2.06. The lowest BCUT2D eigenvalue weighted by atomic mass is 10.1. The quantitative estimate of drug-likeness (QED) is 0.770. The van der Waals surface area contributed by atoms with Crippen molar-refractivity contribution in [1.29, 1.82) is 0 Å². The molecule has 0 bridgehead atoms. The summed E-state index contributed by atoms with van der Waals surface area (Å²) in [5, 5.41) is 4.16. The van der Waals surface area contributed by atoms with Crippen LogP contribution in [0.2, 0.25) is 0 Å². The van der Waals surface area contributed by atoms with Gasteiger partial charge in [-0.25, -0.2) is 9.67 Å². The zero-order valence-corrected chi connectivity index (χ0v) is 11.5. The van der Waals surface area contributed by atoms with Gasteiger partial charge < -0.3 is 0 Å². The summed E-state index contributed by atoms with van der Waals surface area (Å²) >= 11 is 0. The van der Waals surface area contributed by atoms with Crippen LogP contribution in [0.3, 0.4) is 0 Å². The molecule has 0 spiro atoms. The molecule has 0 saturated carbocycles. The normalized spacial score (nSPS) is 10.9. The van der Waals surface area contributed by atoms with Crippen LogP contribution < -0.4 is 0 Å². The van der Waals surface area contributed by atoms with E-state index in [0.717, 1.165) is 12.1 Å². The molecule has 2 rings (SSSR count). The molecule has 19 heavy (non-hydrogen) atoms. The van der Waals surface area contributed by atoms with Crippen LogP contribution in [0.4, 0.5) is 0 Å². The summed E-state index contributed by atoms with van der Waals surface area (Å²) in [5.41, 5.74) is 1.61. The molecule has 2 aromatic rings. The fourth-order valence-corrected chi connectivity index (χ4v) is 1.88. The van der Waals surface area contributed by atoms with Gasteiger partial charge in [-0.2, -0.15) is 5.10 Å². The van der Waals surface area contributed by atoms with Gasteiger partial charge in [0.1, 0.15) is 12.2 Å². The van der Waals surface area contributed by atoms with Crippen LogP contribution in [-0.4, -0.2) is 25.5 Å². The number of ketones is 1. The van der Waals surface area contributed by atoms with Crippen molar-refractivity contribution in [3.05, 3.63) is 41.7 Å². The molecule has 5 nitrogen and oxygen atoms in total. The fourth-order valence-electron chi connectivity index (χ4n) is 1.88. The van der Waals surface area contributed by atoms with E-state index >= 15 is 0 Å². The Hall–Kier alpha value is -2.04. The summed E-state index contributed by atoms with van der Waals surface area (Å²) in [6.45, 7) is 6.91. The van der Waals surface area contributed by atoms with Crippen molar-refractivity contribution >= 4 is 5.78 Å². The molecule has 0 aromatic carbocycles. The molecule has 0 N–H and O–H groups in total. The number of hydrogen-bond donors (Lipinski definition) is 0. The van der Waals surface area contributed by atoms with Crippen LogP contribution in [0.15, 0.2) is 24.8 Å². The second kappa shape index (κ2) is 5.73. The molecule has 0 aliphatic carbocycles. The molecule has 0 radical (unpaired) electrons. The smallest absolute Gasteiger partial charge is 0.171 e. The minimum atomic E-state index is 0.0224. The van der Waals surface area contributed by atoms with Crippen LogP contribution in [0.5, 0.6) is 0 Å². The highest BCUT2D eigenvalue weighted by atomic mass is 16.1. The first-order chi connectivity index (χ1) is 9.06. The number of rotatable bonds is 5. The summed E-state index contributed by atoms with van der Waals surface area (Å²) in [7, 11) is 0. The van der Waals surface area contributed by atoms with E-state index in [1.807, 2.05) is 13.0 Å². The molecule has 100 valence electrons. The Bertz CT molecular complexity index is 574. The highest BCUT2D eigenvalue weighted by Crippen LogP contribution is 2.08. The Labute approximate surface area is 112 Å². The van der Waals surface area contributed by atoms with Gasteiger partial charge in [0.2, 0.25) is 0 Å². The second-order valence-corrected chi connectivity index (χ2v) is 5.10. The second-order valence-electron chi connectivity index (χ2n) is 5.10. The topological polar surface area (TPSA) is 60.7 Å². The van der Waals surface area contributed by atoms with E-state index in [-0.39, 0.29) is 12.2 Å². The third kappa shape index (κ3) is 3.47. The predicted molar refractivity (Wildman–Crippen MR) is 71.9 cm³/mol. The molecular weight excluding hydrogens is 240 g/mol. The van der Waals surface area contributed by atoms with Crippen LogP contribution in [0.1, 0.15) is 35.6 Å². The van der Waals surface area contributed by atoms with Crippen molar-refractivity contribution in [3.63, 3.8) is 0 Å². The maximum atomic E-state index is 12.2. The summed E-state index contributed by atoms with van der Waals surface area (Å²) in [6, 6.07) is 1.85. The molecule has 0 aliphatic rings. The van der Waals surface area contributed by atoms with E-state index in [1.165, 1.54) is 6.33 Å². The first-order valence-electron chi connectivity index (χ1n) is 6.38. The van der Waals surface area contributed by atoms with Gasteiger partial charge in [-0.3, -0.25) is 9.78 Å². The molecule has 5 heteroatoms. The number of aryl methyl sites for hydroxylation is 1. The summed E-state index contributed by atoms with van der Waals surface area (Å²) < 4.78 is 1.80. The van der Waals surface area contributed by atoms with E-state index in [4.69, 9.17) is 0 Å². The van der Waals surface area contributed by atoms with Gasteiger partial charge in [0, 0.05) is 24.5 Å². The Morgan fingerprint density at radius 3 is 2.84 bits per heavy atom. The fraction of sp³-hybridized carbons (Fsp3) is 0.429. The highest BCUT2D eigenvalue weighted by molar-refractivity contribution is 5.96. The monoisotopic (exact) mass is 258 g/mol. The number of nitrogens with zero attached hydrogens (tertiary/aromatic N) is 4. The van der Waals surface area contributed by atoms with Crippen molar-refractivity contribution in [2.24, 2.45) is 5.92 Å². The third-order valence-corrected chi connectivity index (χ3v) is 2.75. The molecule has 0 saturated heterocycles. The summed E-state index contributed by atoms with van der Waals surface area (Å²) in [5.74, 6) is 1.20. The van der Waals surface area contributed by atoms with Crippen LogP contribution in [0, 0.1) is 12.8 Å². The van der Waals surface area contributed by atoms with Gasteiger partial charge in [-0.05, 0) is 24.5 Å². The Kier molecular flexibility index (Phi) is 4.04. The summed E-state index contributed by atoms with van der Waals surface area (Å²) in [4.78, 5) is 20.4. The zero-order chi connectivity index (χ0) is 13.8. The van der Waals surface area contributed by atoms with E-state index in [1.54, 1.807) is 17.1 Å². The van der Waals surface area contributed by atoms with E-state index < -0.39 is 0 Å². The van der Waals surface area contributed by atoms with Crippen LogP contribution >= 0.6 is 0 Å². The average Bonchev–Trinajstić information content (AvgIpc) is 2.75. The molecule has 0 amide bonds. The lowest BCUT2D eigenvalue weighted by Crippen LogP contribution is -2.14. The molecule has 0 unspecified atom stereocenters. The van der Waals surface area contributed by atoms with E-state index in [0.29, 0.717) is 17.3 Å². The maximum Gasteiger partial charge on any atom is 0.171 e. The SMILES string of the molecule is Cc1cncc(C(=O)Cc2ncnn2CC(C)C)c1. The number of carbonyl (C=O) groups is 1. The first kappa shape index (κ1) is 13.4. The van der Waals surface area contributed by atoms with Gasteiger partial charge in [-0.15, -0.1) is 0 Å². The maximum absolute atomic E-state index is 12.2. The number of carbonyl (C=O) groups excluding carboxylic acids is 1. The van der Waals surface area contributed by atoms with Crippen molar-refractivity contribution < 1.29 is 4.79 Å². The minimum absolute atomic E-state index is 0.0224. The zero-order valence-electron chi connectivity index (χ0n) is 11.5. The Balaban J connectivity index is 2.13. The molecule has 0 atom stereocenters. The highest BCUT2D eigenvalue weighted by Gasteiger charge is 2.13. The van der Waals surface area contributed by atoms with Gasteiger partial charge in [0.25, 0.3) is 0 Å². The van der Waals surface area contributed by atoms with Gasteiger partial charge in [0.05, 0.1) is 6.42 Å². The van der Waals surface area contributed by atoms with Crippen molar-refractivity contribution in [2.45, 2.75) is 33.7 Å². The van der Waals surface area contributed by atoms with Gasteiger partial charge in [-0.1, -0.05) is 13.8 Å². The van der Waals surface area contributed by atoms with Crippen LogP contribution in [-0.2, 0) is 13.0 Å². The Morgan fingerprint density at radius 1 is 1.37 bits per heavy atom. The van der Waals surface area contributed by atoms with Crippen molar-refractivity contribution in [1.82, 2.24) is 19.7 Å². The molecule has 0 aliphatic heterocycles. The first-order valence-corrected chi connectivity index (χ1v) is 6.38. The summed E-state index contributed by atoms with van der Waals surface area (Å²) in [6.07, 6.45) is 5.09. The standard InChI is InChI=1S/C14H18N4O/c1-10(2)8-18-14(16-9-17-18)5-13(19)12-4-11(3)6-15-7-12/h4,6-7,9-10H,5,8H2,1-3H3. The van der Waals surface area contributed by atoms with E-state index in [9.17, 15) is 4.79 Å². The third-order valence-electron chi connectivity index (χ3n) is 2.75. The lowest BCUT2D eigenvalue weighted by molar-refractivity contribution is 0.0988. The lowest BCUT2D eigenvalue weighted by Gasteiger charge is -2.08. The average molecular weight is 258 g/mol. The minimum Gasteiger partial charge on any atom is -0.294 e. The number of hydrogen-bond acceptors (Lipinski definition) is 4. The van der Waals surface area contributed by atoms with Crippen LogP contribution in [0.25, 0.3) is 0 Å². The molecule has 0 fully saturated rings. The number of Topliss-reactive ketones (excluding diaryl/α,β-unsaturated/α-hetero) is 1. The molecular formula is C14H18N4O. The van der Waals surface area contributed by atoms with Crippen molar-refractivity contribution in [2.75, 3.05) is 0 Å². The Morgan fingerprint density at radius 2 is 2.16 bits per heavy atom. The number of aromatic nitrogens is 4. The largest absolute Gasteiger partial charge is 0.294 e. The van der Waals surface area contributed by atoms with Gasteiger partial charge in [0.15, 0.2) is 5.78 Å². The molecule has 2 aromatic heterocycles. The molecule has 2 heterocycles. The number of pyridine rings is 1. The van der Waals surface area contributed by atoms with E-state index in [2.05, 4.69) is 28.9 Å².